The lowest BCUT2D eigenvalue weighted by Crippen LogP contribution is -2.35. The molecular formula is C16H23IO3. The molecule has 0 spiro atoms. The largest absolute Gasteiger partial charge is 0.496 e. The summed E-state index contributed by atoms with van der Waals surface area (Å²) in [5.41, 5.74) is 1.14. The van der Waals surface area contributed by atoms with E-state index in [1.807, 2.05) is 18.2 Å². The molecule has 0 amide bonds. The van der Waals surface area contributed by atoms with E-state index in [1.165, 1.54) is 0 Å². The van der Waals surface area contributed by atoms with Gasteiger partial charge in [-0.3, -0.25) is 0 Å². The highest BCUT2D eigenvalue weighted by molar-refractivity contribution is 14.1. The number of halogens is 1. The predicted molar refractivity (Wildman–Crippen MR) is 88.7 cm³/mol. The zero-order valence-corrected chi connectivity index (χ0v) is 14.5. The second-order valence-electron chi connectivity index (χ2n) is 5.37. The van der Waals surface area contributed by atoms with Crippen LogP contribution in [0.5, 0.6) is 5.75 Å². The third-order valence-electron chi connectivity index (χ3n) is 3.64. The number of benzene rings is 1. The number of ether oxygens (including phenoxy) is 3. The van der Waals surface area contributed by atoms with Crippen molar-refractivity contribution in [1.29, 1.82) is 0 Å². The first-order valence-electron chi connectivity index (χ1n) is 7.13. The average Bonchev–Trinajstić information content (AvgIpc) is 2.43. The molecule has 0 aliphatic carbocycles. The minimum absolute atomic E-state index is 0.0780. The zero-order chi connectivity index (χ0) is 14.5. The number of methoxy groups -OCH3 is 1. The number of alkyl halides is 1. The van der Waals surface area contributed by atoms with Gasteiger partial charge in [-0.1, -0.05) is 40.8 Å². The first-order valence-corrected chi connectivity index (χ1v) is 8.66. The van der Waals surface area contributed by atoms with E-state index in [9.17, 15) is 0 Å². The molecule has 1 aromatic carbocycles. The van der Waals surface area contributed by atoms with Crippen LogP contribution in [0.1, 0.15) is 38.4 Å². The van der Waals surface area contributed by atoms with Gasteiger partial charge in [0.05, 0.1) is 31.5 Å². The third-order valence-corrected chi connectivity index (χ3v) is 4.44. The van der Waals surface area contributed by atoms with Gasteiger partial charge in [0.15, 0.2) is 0 Å². The lowest BCUT2D eigenvalue weighted by molar-refractivity contribution is -0.118. The fourth-order valence-corrected chi connectivity index (χ4v) is 3.50. The molecule has 4 heteroatoms. The van der Waals surface area contributed by atoms with E-state index in [0.29, 0.717) is 0 Å². The molecule has 1 aliphatic heterocycles. The quantitative estimate of drug-likeness (QED) is 0.559. The summed E-state index contributed by atoms with van der Waals surface area (Å²) < 4.78 is 18.5. The molecule has 112 valence electrons. The number of hydrogen-bond donors (Lipinski definition) is 0. The molecule has 0 N–H and O–H groups in total. The highest BCUT2D eigenvalue weighted by atomic mass is 127. The SMILES string of the molecule is COc1ccccc1C(CI)OC1CC(C)OC(C)C1. The van der Waals surface area contributed by atoms with E-state index in [-0.39, 0.29) is 24.4 Å². The van der Waals surface area contributed by atoms with Gasteiger partial charge in [0.1, 0.15) is 5.75 Å². The van der Waals surface area contributed by atoms with Crippen LogP contribution in [-0.2, 0) is 9.47 Å². The molecule has 1 heterocycles. The maximum absolute atomic E-state index is 6.34. The fraction of sp³-hybridized carbons (Fsp3) is 0.625. The van der Waals surface area contributed by atoms with Gasteiger partial charge in [0.25, 0.3) is 0 Å². The molecule has 3 atom stereocenters. The van der Waals surface area contributed by atoms with Crippen molar-refractivity contribution < 1.29 is 14.2 Å². The van der Waals surface area contributed by atoms with Crippen molar-refractivity contribution in [2.24, 2.45) is 0 Å². The van der Waals surface area contributed by atoms with Crippen LogP contribution in [0.15, 0.2) is 24.3 Å². The van der Waals surface area contributed by atoms with Crippen molar-refractivity contribution in [3.8, 4) is 5.75 Å². The van der Waals surface area contributed by atoms with Crippen LogP contribution < -0.4 is 4.74 Å². The van der Waals surface area contributed by atoms with E-state index in [4.69, 9.17) is 14.2 Å². The van der Waals surface area contributed by atoms with Gasteiger partial charge < -0.3 is 14.2 Å². The molecule has 2 rings (SSSR count). The molecule has 1 saturated heterocycles. The summed E-state index contributed by atoms with van der Waals surface area (Å²) in [6.45, 7) is 4.24. The van der Waals surface area contributed by atoms with Gasteiger partial charge >= 0.3 is 0 Å². The monoisotopic (exact) mass is 390 g/mol. The zero-order valence-electron chi connectivity index (χ0n) is 12.3. The highest BCUT2D eigenvalue weighted by Gasteiger charge is 2.28. The average molecular weight is 390 g/mol. The van der Waals surface area contributed by atoms with Crippen molar-refractivity contribution in [2.45, 2.75) is 51.1 Å². The van der Waals surface area contributed by atoms with E-state index >= 15 is 0 Å². The minimum atomic E-state index is 0.0780. The smallest absolute Gasteiger partial charge is 0.124 e. The Labute approximate surface area is 135 Å². The molecule has 1 fully saturated rings. The second-order valence-corrected chi connectivity index (χ2v) is 6.25. The lowest BCUT2D eigenvalue weighted by Gasteiger charge is -2.34. The van der Waals surface area contributed by atoms with Gasteiger partial charge in [-0.05, 0) is 32.8 Å². The molecule has 1 aromatic rings. The normalized spacial score (nSPS) is 28.1. The Balaban J connectivity index is 2.08. The van der Waals surface area contributed by atoms with Crippen LogP contribution in [0.4, 0.5) is 0 Å². The molecule has 0 saturated carbocycles. The maximum Gasteiger partial charge on any atom is 0.124 e. The maximum atomic E-state index is 6.34. The lowest BCUT2D eigenvalue weighted by atomic mass is 10.0. The molecule has 1 aliphatic rings. The molecule has 0 radical (unpaired) electrons. The summed E-state index contributed by atoms with van der Waals surface area (Å²) in [7, 11) is 1.71. The van der Waals surface area contributed by atoms with E-state index < -0.39 is 0 Å². The van der Waals surface area contributed by atoms with E-state index in [2.05, 4.69) is 42.5 Å². The van der Waals surface area contributed by atoms with Crippen LogP contribution in [0.2, 0.25) is 0 Å². The minimum Gasteiger partial charge on any atom is -0.496 e. The van der Waals surface area contributed by atoms with Crippen LogP contribution in [-0.4, -0.2) is 29.8 Å². The Morgan fingerprint density at radius 2 is 1.90 bits per heavy atom. The van der Waals surface area contributed by atoms with Crippen molar-refractivity contribution in [3.05, 3.63) is 29.8 Å². The standard InChI is InChI=1S/C16H23IO3/c1-11-8-13(9-12(2)19-11)20-16(10-17)14-6-4-5-7-15(14)18-3/h4-7,11-13,16H,8-10H2,1-3H3. The Morgan fingerprint density at radius 1 is 1.25 bits per heavy atom. The number of hydrogen-bond acceptors (Lipinski definition) is 3. The van der Waals surface area contributed by atoms with E-state index in [1.54, 1.807) is 7.11 Å². The third kappa shape index (κ3) is 4.09. The summed E-state index contributed by atoms with van der Waals surface area (Å²) in [5, 5.41) is 0. The first kappa shape index (κ1) is 16.0. The van der Waals surface area contributed by atoms with Gasteiger partial charge in [-0.2, -0.15) is 0 Å². The Bertz CT molecular complexity index is 414. The van der Waals surface area contributed by atoms with Crippen molar-refractivity contribution in [2.75, 3.05) is 11.5 Å². The fourth-order valence-electron chi connectivity index (χ4n) is 2.81. The number of rotatable bonds is 5. The van der Waals surface area contributed by atoms with Crippen molar-refractivity contribution in [3.63, 3.8) is 0 Å². The molecule has 3 nitrogen and oxygen atoms in total. The van der Waals surface area contributed by atoms with Crippen LogP contribution >= 0.6 is 22.6 Å². The Morgan fingerprint density at radius 3 is 2.50 bits per heavy atom. The molecular weight excluding hydrogens is 367 g/mol. The first-order chi connectivity index (χ1) is 9.63. The van der Waals surface area contributed by atoms with Gasteiger partial charge in [-0.15, -0.1) is 0 Å². The predicted octanol–water partition coefficient (Wildman–Crippen LogP) is 4.14. The Hall–Kier alpha value is -0.330. The van der Waals surface area contributed by atoms with E-state index in [0.717, 1.165) is 28.6 Å². The van der Waals surface area contributed by atoms with Gasteiger partial charge in [-0.25, -0.2) is 0 Å². The summed E-state index contributed by atoms with van der Waals surface area (Å²) in [6, 6.07) is 8.11. The van der Waals surface area contributed by atoms with Crippen LogP contribution in [0, 0.1) is 0 Å². The topological polar surface area (TPSA) is 27.7 Å². The summed E-state index contributed by atoms with van der Waals surface area (Å²) in [5.74, 6) is 0.905. The summed E-state index contributed by atoms with van der Waals surface area (Å²) in [4.78, 5) is 0. The van der Waals surface area contributed by atoms with Crippen molar-refractivity contribution in [1.82, 2.24) is 0 Å². The highest BCUT2D eigenvalue weighted by Crippen LogP contribution is 2.33. The molecule has 0 aromatic heterocycles. The van der Waals surface area contributed by atoms with Crippen molar-refractivity contribution >= 4 is 22.6 Å². The Kier molecular flexibility index (Phi) is 6.11. The molecule has 3 unspecified atom stereocenters. The van der Waals surface area contributed by atoms with Gasteiger partial charge in [0, 0.05) is 9.99 Å². The van der Waals surface area contributed by atoms with Crippen LogP contribution in [0.3, 0.4) is 0 Å². The molecule has 0 bridgehead atoms. The number of para-hydroxylation sites is 1. The second kappa shape index (κ2) is 7.61. The van der Waals surface area contributed by atoms with Gasteiger partial charge in [0.2, 0.25) is 0 Å². The summed E-state index contributed by atoms with van der Waals surface area (Å²) >= 11 is 2.38. The van der Waals surface area contributed by atoms with Crippen LogP contribution in [0.25, 0.3) is 0 Å². The summed E-state index contributed by atoms with van der Waals surface area (Å²) in [6.07, 6.45) is 2.82. The molecule has 20 heavy (non-hydrogen) atoms.